The summed E-state index contributed by atoms with van der Waals surface area (Å²) in [4.78, 5) is 27.9. The van der Waals surface area contributed by atoms with Crippen molar-refractivity contribution in [3.8, 4) is 0 Å². The second-order valence-corrected chi connectivity index (χ2v) is 6.42. The van der Waals surface area contributed by atoms with Crippen LogP contribution >= 0.6 is 0 Å². The van der Waals surface area contributed by atoms with Gasteiger partial charge in [0.05, 0.1) is 19.1 Å². The molecule has 2 aliphatic heterocycles. The van der Waals surface area contributed by atoms with E-state index in [4.69, 9.17) is 9.84 Å². The van der Waals surface area contributed by atoms with Crippen molar-refractivity contribution < 1.29 is 19.4 Å². The van der Waals surface area contributed by atoms with Crippen LogP contribution in [-0.4, -0.2) is 72.2 Å². The number of amides is 1. The highest BCUT2D eigenvalue weighted by Crippen LogP contribution is 2.33. The highest BCUT2D eigenvalue weighted by molar-refractivity contribution is 5.81. The molecule has 0 aromatic rings. The molecule has 21 heavy (non-hydrogen) atoms. The first-order valence-corrected chi connectivity index (χ1v) is 7.98. The minimum absolute atomic E-state index is 0.0745. The lowest BCUT2D eigenvalue weighted by molar-refractivity contribution is -0.141. The van der Waals surface area contributed by atoms with Gasteiger partial charge in [-0.2, -0.15) is 0 Å². The van der Waals surface area contributed by atoms with Gasteiger partial charge in [-0.1, -0.05) is 0 Å². The number of carbonyl (C=O) groups excluding carboxylic acids is 1. The second kappa shape index (κ2) is 6.32. The first-order chi connectivity index (χ1) is 10.1. The molecule has 0 aromatic heterocycles. The highest BCUT2D eigenvalue weighted by Gasteiger charge is 2.38. The van der Waals surface area contributed by atoms with Crippen LogP contribution in [0, 0.1) is 11.8 Å². The van der Waals surface area contributed by atoms with Crippen LogP contribution in [0.25, 0.3) is 0 Å². The zero-order valence-corrected chi connectivity index (χ0v) is 12.4. The molecule has 3 aliphatic rings. The Morgan fingerprint density at radius 2 is 1.71 bits per heavy atom. The number of likely N-dealkylation sites (tertiary alicyclic amines) is 1. The minimum Gasteiger partial charge on any atom is -0.481 e. The summed E-state index contributed by atoms with van der Waals surface area (Å²) in [5.74, 6) is -0.974. The Balaban J connectivity index is 1.51. The van der Waals surface area contributed by atoms with Crippen molar-refractivity contribution in [1.82, 2.24) is 9.80 Å². The van der Waals surface area contributed by atoms with E-state index in [0.29, 0.717) is 18.9 Å². The summed E-state index contributed by atoms with van der Waals surface area (Å²) in [5, 5.41) is 9.05. The minimum atomic E-state index is -0.752. The van der Waals surface area contributed by atoms with Gasteiger partial charge < -0.3 is 14.7 Å². The van der Waals surface area contributed by atoms with Gasteiger partial charge in [-0.05, 0) is 25.7 Å². The quantitative estimate of drug-likeness (QED) is 0.817. The summed E-state index contributed by atoms with van der Waals surface area (Å²) in [7, 11) is 0. The third kappa shape index (κ3) is 3.21. The van der Waals surface area contributed by atoms with E-state index < -0.39 is 5.97 Å². The topological polar surface area (TPSA) is 70.1 Å². The molecule has 1 aliphatic carbocycles. The fraction of sp³-hybridized carbons (Fsp3) is 0.867. The Kier molecular flexibility index (Phi) is 4.45. The summed E-state index contributed by atoms with van der Waals surface area (Å²) in [6.07, 6.45) is 2.93. The molecule has 6 heteroatoms. The van der Waals surface area contributed by atoms with Crippen LogP contribution in [0.15, 0.2) is 0 Å². The lowest BCUT2D eigenvalue weighted by Gasteiger charge is -2.32. The molecular weight excluding hydrogens is 272 g/mol. The predicted octanol–water partition coefficient (Wildman–Crippen LogP) is 0.420. The fourth-order valence-electron chi connectivity index (χ4n) is 3.87. The van der Waals surface area contributed by atoms with E-state index in [0.717, 1.165) is 52.2 Å². The number of rotatable bonds is 3. The molecule has 0 radical (unpaired) electrons. The van der Waals surface area contributed by atoms with Crippen LogP contribution in [0.5, 0.6) is 0 Å². The van der Waals surface area contributed by atoms with E-state index in [-0.39, 0.29) is 17.7 Å². The van der Waals surface area contributed by atoms with Crippen molar-refractivity contribution in [2.45, 2.75) is 31.7 Å². The first kappa shape index (κ1) is 14.8. The molecule has 1 unspecified atom stereocenters. The zero-order valence-electron chi connectivity index (χ0n) is 12.4. The summed E-state index contributed by atoms with van der Waals surface area (Å²) >= 11 is 0. The van der Waals surface area contributed by atoms with Gasteiger partial charge in [0.25, 0.3) is 0 Å². The molecule has 118 valence electrons. The van der Waals surface area contributed by atoms with E-state index in [1.54, 1.807) is 0 Å². The maximum absolute atomic E-state index is 12.5. The van der Waals surface area contributed by atoms with Crippen molar-refractivity contribution in [1.29, 1.82) is 0 Å². The number of hydrogen-bond donors (Lipinski definition) is 1. The van der Waals surface area contributed by atoms with Crippen molar-refractivity contribution >= 4 is 11.9 Å². The van der Waals surface area contributed by atoms with Gasteiger partial charge in [-0.25, -0.2) is 0 Å². The van der Waals surface area contributed by atoms with E-state index in [2.05, 4.69) is 4.90 Å². The standard InChI is InChI=1S/C15H24N2O4/c18-14(11-1-2-12(9-11)15(19)20)17-4-3-13(10-17)16-5-7-21-8-6-16/h11-13H,1-10H2,(H,19,20)/t11-,12+,13?/m1/s1. The number of carbonyl (C=O) groups is 2. The van der Waals surface area contributed by atoms with Gasteiger partial charge in [0, 0.05) is 38.1 Å². The molecule has 1 N–H and O–H groups in total. The van der Waals surface area contributed by atoms with E-state index in [1.807, 2.05) is 4.90 Å². The SMILES string of the molecule is O=C(O)[C@H]1CC[C@@H](C(=O)N2CCC(N3CCOCC3)C2)C1. The lowest BCUT2D eigenvalue weighted by Crippen LogP contribution is -2.45. The zero-order chi connectivity index (χ0) is 14.8. The molecule has 6 nitrogen and oxygen atoms in total. The normalized spacial score (nSPS) is 34.3. The third-order valence-electron chi connectivity index (χ3n) is 5.17. The van der Waals surface area contributed by atoms with Gasteiger partial charge in [0.2, 0.25) is 5.91 Å². The summed E-state index contributed by atoms with van der Waals surface area (Å²) in [6.45, 7) is 5.09. The molecule has 3 rings (SSSR count). The van der Waals surface area contributed by atoms with Gasteiger partial charge in [0.1, 0.15) is 0 Å². The number of aliphatic carboxylic acids is 1. The first-order valence-electron chi connectivity index (χ1n) is 7.98. The number of ether oxygens (including phenoxy) is 1. The van der Waals surface area contributed by atoms with Gasteiger partial charge in [-0.15, -0.1) is 0 Å². The van der Waals surface area contributed by atoms with E-state index >= 15 is 0 Å². The molecule has 1 saturated carbocycles. The van der Waals surface area contributed by atoms with Crippen molar-refractivity contribution in [3.63, 3.8) is 0 Å². The van der Waals surface area contributed by atoms with Crippen molar-refractivity contribution in [3.05, 3.63) is 0 Å². The molecule has 3 atom stereocenters. The molecule has 2 saturated heterocycles. The maximum atomic E-state index is 12.5. The van der Waals surface area contributed by atoms with Crippen LogP contribution in [0.2, 0.25) is 0 Å². The Bertz CT molecular complexity index is 408. The van der Waals surface area contributed by atoms with Crippen molar-refractivity contribution in [2.75, 3.05) is 39.4 Å². The summed E-state index contributed by atoms with van der Waals surface area (Å²) in [5.41, 5.74) is 0. The predicted molar refractivity (Wildman–Crippen MR) is 75.8 cm³/mol. The summed E-state index contributed by atoms with van der Waals surface area (Å²) in [6, 6.07) is 0.453. The monoisotopic (exact) mass is 296 g/mol. The molecule has 0 spiro atoms. The molecule has 0 bridgehead atoms. The molecule has 2 heterocycles. The largest absolute Gasteiger partial charge is 0.481 e. The average Bonchev–Trinajstić information content (AvgIpc) is 3.17. The number of hydrogen-bond acceptors (Lipinski definition) is 4. The van der Waals surface area contributed by atoms with Gasteiger partial charge in [0.15, 0.2) is 0 Å². The maximum Gasteiger partial charge on any atom is 0.306 e. The smallest absolute Gasteiger partial charge is 0.306 e. The lowest BCUT2D eigenvalue weighted by atomic mass is 10.0. The molecule has 3 fully saturated rings. The van der Waals surface area contributed by atoms with E-state index in [1.165, 1.54) is 0 Å². The number of morpholine rings is 1. The fourth-order valence-corrected chi connectivity index (χ4v) is 3.87. The van der Waals surface area contributed by atoms with E-state index in [9.17, 15) is 9.59 Å². The average molecular weight is 296 g/mol. The van der Waals surface area contributed by atoms with Crippen LogP contribution in [0.4, 0.5) is 0 Å². The molecular formula is C15H24N2O4. The molecule has 0 aromatic carbocycles. The van der Waals surface area contributed by atoms with Crippen LogP contribution < -0.4 is 0 Å². The number of nitrogens with zero attached hydrogens (tertiary/aromatic N) is 2. The van der Waals surface area contributed by atoms with Crippen LogP contribution in [0.3, 0.4) is 0 Å². The highest BCUT2D eigenvalue weighted by atomic mass is 16.5. The number of carboxylic acid groups (broad SMARTS) is 1. The third-order valence-corrected chi connectivity index (χ3v) is 5.17. The van der Waals surface area contributed by atoms with Crippen molar-refractivity contribution in [2.24, 2.45) is 11.8 Å². The van der Waals surface area contributed by atoms with Crippen LogP contribution in [0.1, 0.15) is 25.7 Å². The van der Waals surface area contributed by atoms with Gasteiger partial charge in [-0.3, -0.25) is 14.5 Å². The Labute approximate surface area is 125 Å². The Morgan fingerprint density at radius 3 is 2.38 bits per heavy atom. The number of carboxylic acids is 1. The Morgan fingerprint density at radius 1 is 1.00 bits per heavy atom. The summed E-state index contributed by atoms with van der Waals surface area (Å²) < 4.78 is 5.37. The van der Waals surface area contributed by atoms with Crippen LogP contribution in [-0.2, 0) is 14.3 Å². The second-order valence-electron chi connectivity index (χ2n) is 6.42. The molecule has 1 amide bonds. The Hall–Kier alpha value is -1.14. The van der Waals surface area contributed by atoms with Gasteiger partial charge >= 0.3 is 5.97 Å².